The number of halogens is 3. The Morgan fingerprint density at radius 2 is 2.23 bits per heavy atom. The second-order valence-electron chi connectivity index (χ2n) is 2.22. The molecular formula is C7H6ClF2NO2. The molecule has 1 heterocycles. The van der Waals surface area contributed by atoms with E-state index in [9.17, 15) is 13.6 Å². The smallest absolute Gasteiger partial charge is 0.270 e. The van der Waals surface area contributed by atoms with Crippen molar-refractivity contribution in [2.24, 2.45) is 0 Å². The largest absolute Gasteiger partial charge is 0.494 e. The summed E-state index contributed by atoms with van der Waals surface area (Å²) in [6, 6.07) is 0. The fourth-order valence-corrected chi connectivity index (χ4v) is 1.11. The Kier molecular flexibility index (Phi) is 2.87. The molecule has 72 valence electrons. The van der Waals surface area contributed by atoms with E-state index in [1.807, 2.05) is 0 Å². The zero-order valence-corrected chi connectivity index (χ0v) is 7.36. The molecule has 0 aliphatic rings. The highest BCUT2D eigenvalue weighted by atomic mass is 35.5. The predicted molar refractivity (Wildman–Crippen MR) is 43.6 cm³/mol. The maximum Gasteiger partial charge on any atom is 0.270 e. The van der Waals surface area contributed by atoms with Gasteiger partial charge in [0, 0.05) is 6.20 Å². The molecule has 0 saturated carbocycles. The molecule has 1 N–H and O–H groups in total. The summed E-state index contributed by atoms with van der Waals surface area (Å²) in [6.45, 7) is 0. The van der Waals surface area contributed by atoms with Gasteiger partial charge in [0.15, 0.2) is 5.75 Å². The standard InChI is InChI=1S/C7H6ClF2NO2/c1-13-5-3(6(9)10)2-11-7(12)4(5)8/h2,6H,1H3,(H,11,12). The third kappa shape index (κ3) is 1.80. The van der Waals surface area contributed by atoms with E-state index in [2.05, 4.69) is 9.72 Å². The van der Waals surface area contributed by atoms with Crippen LogP contribution >= 0.6 is 11.6 Å². The normalized spacial score (nSPS) is 10.5. The SMILES string of the molecule is COc1c(C(F)F)c[nH]c(=O)c1Cl. The van der Waals surface area contributed by atoms with Crippen molar-refractivity contribution in [1.29, 1.82) is 0 Å². The summed E-state index contributed by atoms with van der Waals surface area (Å²) >= 11 is 5.44. The lowest BCUT2D eigenvalue weighted by atomic mass is 10.2. The van der Waals surface area contributed by atoms with Crippen molar-refractivity contribution in [2.75, 3.05) is 7.11 Å². The van der Waals surface area contributed by atoms with Crippen molar-refractivity contribution in [3.63, 3.8) is 0 Å². The van der Waals surface area contributed by atoms with E-state index in [1.54, 1.807) is 0 Å². The minimum Gasteiger partial charge on any atom is -0.494 e. The first-order valence-corrected chi connectivity index (χ1v) is 3.69. The number of alkyl halides is 2. The number of aromatic nitrogens is 1. The van der Waals surface area contributed by atoms with Crippen LogP contribution in [0.2, 0.25) is 5.02 Å². The van der Waals surface area contributed by atoms with Crippen molar-refractivity contribution in [3.8, 4) is 5.75 Å². The molecule has 1 aromatic heterocycles. The lowest BCUT2D eigenvalue weighted by molar-refractivity contribution is 0.146. The third-order valence-electron chi connectivity index (χ3n) is 1.46. The summed E-state index contributed by atoms with van der Waals surface area (Å²) in [7, 11) is 1.17. The van der Waals surface area contributed by atoms with Crippen LogP contribution in [-0.4, -0.2) is 12.1 Å². The summed E-state index contributed by atoms with van der Waals surface area (Å²) in [4.78, 5) is 12.9. The summed E-state index contributed by atoms with van der Waals surface area (Å²) < 4.78 is 29.1. The van der Waals surface area contributed by atoms with Crippen molar-refractivity contribution in [1.82, 2.24) is 4.98 Å². The molecule has 0 fully saturated rings. The molecule has 1 aromatic rings. The second kappa shape index (κ2) is 3.74. The van der Waals surface area contributed by atoms with E-state index in [-0.39, 0.29) is 10.8 Å². The molecule has 0 aliphatic heterocycles. The molecule has 3 nitrogen and oxygen atoms in total. The number of hydrogen-bond acceptors (Lipinski definition) is 2. The molecular weight excluding hydrogens is 204 g/mol. The van der Waals surface area contributed by atoms with E-state index < -0.39 is 17.5 Å². The summed E-state index contributed by atoms with van der Waals surface area (Å²) in [6.07, 6.45) is -1.85. The van der Waals surface area contributed by atoms with Crippen molar-refractivity contribution < 1.29 is 13.5 Å². The lowest BCUT2D eigenvalue weighted by Gasteiger charge is -2.07. The van der Waals surface area contributed by atoms with Crippen molar-refractivity contribution in [2.45, 2.75) is 6.43 Å². The van der Waals surface area contributed by atoms with E-state index in [1.165, 1.54) is 7.11 Å². The van der Waals surface area contributed by atoms with Crippen LogP contribution in [0.5, 0.6) is 5.75 Å². The number of ether oxygens (including phenoxy) is 1. The Labute approximate surface area is 77.3 Å². The predicted octanol–water partition coefficient (Wildman–Crippen LogP) is 1.97. The maximum atomic E-state index is 12.3. The van der Waals surface area contributed by atoms with Crippen LogP contribution < -0.4 is 10.3 Å². The zero-order chi connectivity index (χ0) is 10.0. The minimum atomic E-state index is -2.73. The van der Waals surface area contributed by atoms with Gasteiger partial charge in [0.1, 0.15) is 5.02 Å². The van der Waals surface area contributed by atoms with Crippen molar-refractivity contribution in [3.05, 3.63) is 27.1 Å². The number of methoxy groups -OCH3 is 1. The van der Waals surface area contributed by atoms with Gasteiger partial charge in [-0.05, 0) is 0 Å². The first kappa shape index (κ1) is 9.98. The number of aromatic amines is 1. The minimum absolute atomic E-state index is 0.277. The average Bonchev–Trinajstić information content (AvgIpc) is 2.09. The summed E-state index contributed by atoms with van der Waals surface area (Å²) in [5.74, 6) is -0.277. The van der Waals surface area contributed by atoms with Crippen LogP contribution in [-0.2, 0) is 0 Å². The Hall–Kier alpha value is -1.10. The number of rotatable bonds is 2. The van der Waals surface area contributed by atoms with Gasteiger partial charge in [0.25, 0.3) is 12.0 Å². The third-order valence-corrected chi connectivity index (χ3v) is 1.80. The second-order valence-corrected chi connectivity index (χ2v) is 2.60. The molecule has 1 rings (SSSR count). The molecule has 13 heavy (non-hydrogen) atoms. The molecule has 0 amide bonds. The highest BCUT2D eigenvalue weighted by molar-refractivity contribution is 6.31. The van der Waals surface area contributed by atoms with Crippen LogP contribution in [0.3, 0.4) is 0 Å². The van der Waals surface area contributed by atoms with Gasteiger partial charge in [0.2, 0.25) is 0 Å². The molecule has 0 aliphatic carbocycles. The van der Waals surface area contributed by atoms with Gasteiger partial charge in [-0.3, -0.25) is 4.79 Å². The monoisotopic (exact) mass is 209 g/mol. The summed E-state index contributed by atoms with van der Waals surface area (Å²) in [5.41, 5.74) is -1.07. The highest BCUT2D eigenvalue weighted by Crippen LogP contribution is 2.31. The molecule has 0 atom stereocenters. The number of pyridine rings is 1. The first-order valence-electron chi connectivity index (χ1n) is 3.31. The van der Waals surface area contributed by atoms with Gasteiger partial charge in [-0.2, -0.15) is 0 Å². The number of nitrogens with one attached hydrogen (secondary N) is 1. The van der Waals surface area contributed by atoms with Gasteiger partial charge >= 0.3 is 0 Å². The molecule has 0 unspecified atom stereocenters. The van der Waals surface area contributed by atoms with Crippen LogP contribution in [0.4, 0.5) is 8.78 Å². The van der Waals surface area contributed by atoms with Gasteiger partial charge in [-0.15, -0.1) is 0 Å². The molecule has 0 aromatic carbocycles. The highest BCUT2D eigenvalue weighted by Gasteiger charge is 2.18. The van der Waals surface area contributed by atoms with E-state index in [4.69, 9.17) is 11.6 Å². The van der Waals surface area contributed by atoms with Gasteiger partial charge < -0.3 is 9.72 Å². The van der Waals surface area contributed by atoms with E-state index >= 15 is 0 Å². The molecule has 0 saturated heterocycles. The van der Waals surface area contributed by atoms with Crippen molar-refractivity contribution >= 4 is 11.6 Å². The van der Waals surface area contributed by atoms with E-state index in [0.29, 0.717) is 0 Å². The number of H-pyrrole nitrogens is 1. The zero-order valence-electron chi connectivity index (χ0n) is 6.61. The van der Waals surface area contributed by atoms with Crippen LogP contribution in [0.25, 0.3) is 0 Å². The number of hydrogen-bond donors (Lipinski definition) is 1. The topological polar surface area (TPSA) is 42.1 Å². The molecule has 0 spiro atoms. The van der Waals surface area contributed by atoms with Gasteiger partial charge in [-0.1, -0.05) is 11.6 Å². The Morgan fingerprint density at radius 3 is 2.69 bits per heavy atom. The van der Waals surface area contributed by atoms with Gasteiger partial charge in [-0.25, -0.2) is 8.78 Å². The fourth-order valence-electron chi connectivity index (χ4n) is 0.872. The van der Waals surface area contributed by atoms with Gasteiger partial charge in [0.05, 0.1) is 12.7 Å². The Balaban J connectivity index is 3.38. The Morgan fingerprint density at radius 1 is 1.62 bits per heavy atom. The van der Waals surface area contributed by atoms with Crippen LogP contribution in [0.15, 0.2) is 11.0 Å². The first-order chi connectivity index (χ1) is 6.07. The summed E-state index contributed by atoms with van der Waals surface area (Å²) in [5, 5.41) is -0.361. The molecule has 0 radical (unpaired) electrons. The lowest BCUT2D eigenvalue weighted by Crippen LogP contribution is -2.09. The fraction of sp³-hybridized carbons (Fsp3) is 0.286. The molecule has 0 bridgehead atoms. The van der Waals surface area contributed by atoms with Crippen LogP contribution in [0, 0.1) is 0 Å². The average molecular weight is 210 g/mol. The van der Waals surface area contributed by atoms with Crippen LogP contribution in [0.1, 0.15) is 12.0 Å². The quantitative estimate of drug-likeness (QED) is 0.809. The molecule has 6 heteroatoms. The van der Waals surface area contributed by atoms with E-state index in [0.717, 1.165) is 6.20 Å². The Bertz CT molecular complexity index is 364. The maximum absolute atomic E-state index is 12.3.